The van der Waals surface area contributed by atoms with Gasteiger partial charge in [-0.1, -0.05) is 12.8 Å². The van der Waals surface area contributed by atoms with E-state index in [9.17, 15) is 4.39 Å². The fourth-order valence-electron chi connectivity index (χ4n) is 4.85. The Bertz CT molecular complexity index is 291. The molecule has 5 atom stereocenters. The van der Waals surface area contributed by atoms with Gasteiger partial charge in [-0.2, -0.15) is 0 Å². The van der Waals surface area contributed by atoms with E-state index in [2.05, 4.69) is 5.32 Å². The van der Waals surface area contributed by atoms with E-state index in [0.29, 0.717) is 5.92 Å². The van der Waals surface area contributed by atoms with Gasteiger partial charge in [0.1, 0.15) is 12.2 Å². The predicted octanol–water partition coefficient (Wildman–Crippen LogP) is 2.09. The molecule has 0 radical (unpaired) electrons. The minimum Gasteiger partial charge on any atom is -0.331 e. The minimum absolute atomic E-state index is 0.510. The average molecular weight is 283 g/mol. The van der Waals surface area contributed by atoms with Crippen LogP contribution in [-0.2, 0) is 0 Å². The number of hydrogen-bond donors (Lipinski definition) is 2. The van der Waals surface area contributed by atoms with Crippen molar-refractivity contribution in [2.75, 3.05) is 19.6 Å². The van der Waals surface area contributed by atoms with Crippen molar-refractivity contribution in [2.24, 2.45) is 5.92 Å². The monoisotopic (exact) mass is 283 g/mol. The molecule has 2 heterocycles. The number of likely N-dealkylation sites (tertiary alicyclic amines) is 1. The Hall–Kier alpha value is -0.150. The van der Waals surface area contributed by atoms with Gasteiger partial charge in [0.25, 0.3) is 0 Å². The first-order chi connectivity index (χ1) is 9.83. The molecular formula is C17H32FN2+. The number of alkyl halides is 1. The van der Waals surface area contributed by atoms with E-state index in [0.717, 1.165) is 31.3 Å². The fraction of sp³-hybridized carbons (Fsp3) is 1.00. The van der Waals surface area contributed by atoms with Gasteiger partial charge in [-0.3, -0.25) is 0 Å². The van der Waals surface area contributed by atoms with Crippen LogP contribution in [0.2, 0.25) is 0 Å². The highest BCUT2D eigenvalue weighted by molar-refractivity contribution is 4.82. The quantitative estimate of drug-likeness (QED) is 0.811. The number of rotatable bonds is 3. The van der Waals surface area contributed by atoms with Gasteiger partial charge >= 0.3 is 0 Å². The van der Waals surface area contributed by atoms with Crippen LogP contribution in [-0.4, -0.2) is 37.9 Å². The summed E-state index contributed by atoms with van der Waals surface area (Å²) in [5.74, 6) is 0.651. The Balaban J connectivity index is 1.56. The first kappa shape index (κ1) is 14.8. The zero-order chi connectivity index (χ0) is 13.8. The van der Waals surface area contributed by atoms with Gasteiger partial charge in [0.2, 0.25) is 0 Å². The highest BCUT2D eigenvalue weighted by Crippen LogP contribution is 2.25. The molecule has 1 saturated carbocycles. The summed E-state index contributed by atoms with van der Waals surface area (Å²) < 4.78 is 13.6. The number of nitrogens with one attached hydrogen (secondary N) is 2. The fourth-order valence-corrected chi connectivity index (χ4v) is 4.85. The molecule has 0 amide bonds. The highest BCUT2D eigenvalue weighted by atomic mass is 19.1. The Morgan fingerprint density at radius 1 is 0.950 bits per heavy atom. The summed E-state index contributed by atoms with van der Waals surface area (Å²) in [5.41, 5.74) is 0. The molecule has 20 heavy (non-hydrogen) atoms. The molecule has 3 heteroatoms. The van der Waals surface area contributed by atoms with E-state index < -0.39 is 6.17 Å². The van der Waals surface area contributed by atoms with Crippen molar-refractivity contribution < 1.29 is 9.29 Å². The Morgan fingerprint density at radius 2 is 1.85 bits per heavy atom. The smallest absolute Gasteiger partial charge is 0.103 e. The third kappa shape index (κ3) is 3.73. The third-order valence-electron chi connectivity index (χ3n) is 5.89. The molecule has 0 spiro atoms. The van der Waals surface area contributed by atoms with Crippen LogP contribution in [0.15, 0.2) is 0 Å². The lowest BCUT2D eigenvalue weighted by Gasteiger charge is -2.41. The van der Waals surface area contributed by atoms with E-state index in [1.165, 1.54) is 64.6 Å². The van der Waals surface area contributed by atoms with Gasteiger partial charge in [-0.05, 0) is 51.5 Å². The summed E-state index contributed by atoms with van der Waals surface area (Å²) in [6, 6.07) is 1.55. The Morgan fingerprint density at radius 3 is 2.65 bits per heavy atom. The molecule has 2 nitrogen and oxygen atoms in total. The Kier molecular flexibility index (Phi) is 5.33. The predicted molar refractivity (Wildman–Crippen MR) is 80.8 cm³/mol. The molecule has 3 aliphatic rings. The summed E-state index contributed by atoms with van der Waals surface area (Å²) in [6.45, 7) is 3.78. The SMILES string of the molecule is FC1CCCC(C[NH+]2CCCCC2C2CCCCN2)C1. The molecule has 116 valence electrons. The molecule has 0 aromatic carbocycles. The summed E-state index contributed by atoms with van der Waals surface area (Å²) in [5, 5.41) is 3.77. The standard InChI is InChI=1S/C17H31FN2/c18-15-7-5-6-14(12-15)13-20-11-4-2-9-17(20)16-8-1-3-10-19-16/h14-17,19H,1-13H2/p+1. The van der Waals surface area contributed by atoms with Crippen LogP contribution in [0.5, 0.6) is 0 Å². The van der Waals surface area contributed by atoms with Crippen LogP contribution >= 0.6 is 0 Å². The second-order valence-corrected chi connectivity index (χ2v) is 7.40. The van der Waals surface area contributed by atoms with Crippen molar-refractivity contribution in [1.82, 2.24) is 5.32 Å². The zero-order valence-corrected chi connectivity index (χ0v) is 12.9. The lowest BCUT2D eigenvalue weighted by molar-refractivity contribution is -0.935. The lowest BCUT2D eigenvalue weighted by atomic mass is 9.85. The van der Waals surface area contributed by atoms with Gasteiger partial charge < -0.3 is 10.2 Å². The molecule has 0 aromatic heterocycles. The van der Waals surface area contributed by atoms with E-state index in [1.807, 2.05) is 0 Å². The van der Waals surface area contributed by atoms with Gasteiger partial charge in [-0.15, -0.1) is 0 Å². The average Bonchev–Trinajstić information content (AvgIpc) is 2.49. The molecule has 0 bridgehead atoms. The van der Waals surface area contributed by atoms with Crippen molar-refractivity contribution in [3.8, 4) is 0 Å². The van der Waals surface area contributed by atoms with Crippen molar-refractivity contribution in [3.05, 3.63) is 0 Å². The van der Waals surface area contributed by atoms with E-state index >= 15 is 0 Å². The van der Waals surface area contributed by atoms with E-state index in [-0.39, 0.29) is 0 Å². The summed E-state index contributed by atoms with van der Waals surface area (Å²) in [6.07, 6.45) is 11.8. The van der Waals surface area contributed by atoms with E-state index in [1.54, 1.807) is 4.90 Å². The van der Waals surface area contributed by atoms with Crippen LogP contribution in [0, 0.1) is 5.92 Å². The van der Waals surface area contributed by atoms with Crippen molar-refractivity contribution in [2.45, 2.75) is 82.5 Å². The number of hydrogen-bond acceptors (Lipinski definition) is 1. The van der Waals surface area contributed by atoms with Gasteiger partial charge in [0.15, 0.2) is 0 Å². The van der Waals surface area contributed by atoms with Gasteiger partial charge in [0.05, 0.1) is 19.1 Å². The minimum atomic E-state index is -0.510. The molecule has 2 aliphatic heterocycles. The molecule has 5 unspecified atom stereocenters. The maximum Gasteiger partial charge on any atom is 0.103 e. The maximum absolute atomic E-state index is 13.6. The molecule has 2 saturated heterocycles. The number of halogens is 1. The molecular weight excluding hydrogens is 251 g/mol. The molecule has 0 aromatic rings. The number of piperidine rings is 2. The van der Waals surface area contributed by atoms with E-state index in [4.69, 9.17) is 0 Å². The highest BCUT2D eigenvalue weighted by Gasteiger charge is 2.36. The van der Waals surface area contributed by atoms with Crippen molar-refractivity contribution in [1.29, 1.82) is 0 Å². The Labute approximate surface area is 123 Å². The number of quaternary nitrogens is 1. The molecule has 3 fully saturated rings. The molecule has 3 rings (SSSR count). The molecule has 1 aliphatic carbocycles. The second-order valence-electron chi connectivity index (χ2n) is 7.40. The molecule has 2 N–H and O–H groups in total. The van der Waals surface area contributed by atoms with Crippen molar-refractivity contribution >= 4 is 0 Å². The zero-order valence-electron chi connectivity index (χ0n) is 12.9. The lowest BCUT2D eigenvalue weighted by Crippen LogP contribution is -3.18. The van der Waals surface area contributed by atoms with Crippen LogP contribution in [0.4, 0.5) is 4.39 Å². The first-order valence-electron chi connectivity index (χ1n) is 9.05. The van der Waals surface area contributed by atoms with Crippen LogP contribution in [0.25, 0.3) is 0 Å². The maximum atomic E-state index is 13.6. The second kappa shape index (κ2) is 7.22. The topological polar surface area (TPSA) is 16.5 Å². The first-order valence-corrected chi connectivity index (χ1v) is 9.05. The van der Waals surface area contributed by atoms with Gasteiger partial charge in [0, 0.05) is 12.3 Å². The van der Waals surface area contributed by atoms with Crippen LogP contribution in [0.3, 0.4) is 0 Å². The van der Waals surface area contributed by atoms with Gasteiger partial charge in [-0.25, -0.2) is 4.39 Å². The normalized spacial score (nSPS) is 43.4. The van der Waals surface area contributed by atoms with Crippen LogP contribution < -0.4 is 10.2 Å². The third-order valence-corrected chi connectivity index (χ3v) is 5.89. The van der Waals surface area contributed by atoms with Crippen LogP contribution in [0.1, 0.15) is 64.2 Å². The summed E-state index contributed by atoms with van der Waals surface area (Å²) >= 11 is 0. The summed E-state index contributed by atoms with van der Waals surface area (Å²) in [4.78, 5) is 1.80. The van der Waals surface area contributed by atoms with Crippen molar-refractivity contribution in [3.63, 3.8) is 0 Å². The largest absolute Gasteiger partial charge is 0.331 e. The summed E-state index contributed by atoms with van der Waals surface area (Å²) in [7, 11) is 0.